The van der Waals surface area contributed by atoms with E-state index in [9.17, 15) is 4.79 Å². The van der Waals surface area contributed by atoms with Gasteiger partial charge in [0.15, 0.2) is 6.61 Å². The fourth-order valence-corrected chi connectivity index (χ4v) is 2.53. The van der Waals surface area contributed by atoms with Crippen molar-refractivity contribution in [2.24, 2.45) is 0 Å². The van der Waals surface area contributed by atoms with Gasteiger partial charge in [0, 0.05) is 5.54 Å². The van der Waals surface area contributed by atoms with Gasteiger partial charge in [-0.1, -0.05) is 19.1 Å². The van der Waals surface area contributed by atoms with Gasteiger partial charge in [-0.2, -0.15) is 0 Å². The molecule has 3 nitrogen and oxygen atoms in total. The van der Waals surface area contributed by atoms with Gasteiger partial charge in [-0.3, -0.25) is 4.79 Å². The van der Waals surface area contributed by atoms with Gasteiger partial charge in [0.25, 0.3) is 5.91 Å². The average molecular weight is 275 g/mol. The Morgan fingerprint density at radius 1 is 1.30 bits per heavy atom. The topological polar surface area (TPSA) is 38.3 Å². The second-order valence-corrected chi connectivity index (χ2v) is 6.18. The molecule has 0 saturated heterocycles. The average Bonchev–Trinajstić information content (AvgIpc) is 2.44. The molecule has 0 atom stereocenters. The maximum Gasteiger partial charge on any atom is 0.258 e. The Labute approximate surface area is 121 Å². The molecule has 0 bridgehead atoms. The van der Waals surface area contributed by atoms with Crippen molar-refractivity contribution in [1.82, 2.24) is 5.32 Å². The van der Waals surface area contributed by atoms with Crippen molar-refractivity contribution < 1.29 is 9.53 Å². The molecule has 0 aliphatic heterocycles. The van der Waals surface area contributed by atoms with E-state index in [-0.39, 0.29) is 18.1 Å². The van der Waals surface area contributed by atoms with Crippen molar-refractivity contribution in [1.29, 1.82) is 0 Å². The molecule has 0 heterocycles. The molecule has 0 radical (unpaired) electrons. The molecule has 1 aliphatic rings. The van der Waals surface area contributed by atoms with Crippen molar-refractivity contribution in [3.63, 3.8) is 0 Å². The summed E-state index contributed by atoms with van der Waals surface area (Å²) in [6, 6.07) is 6.16. The SMILES string of the molecule is CCC(C)(C)NC(=O)COc1cccc2c1CCCC2. The van der Waals surface area contributed by atoms with Gasteiger partial charge in [-0.25, -0.2) is 0 Å². The normalized spacial score (nSPS) is 14.6. The molecule has 1 aromatic rings. The Bertz CT molecular complexity index is 480. The van der Waals surface area contributed by atoms with Gasteiger partial charge in [0.05, 0.1) is 0 Å². The van der Waals surface area contributed by atoms with E-state index in [1.165, 1.54) is 24.0 Å². The first-order valence-electron chi connectivity index (χ1n) is 7.56. The standard InChI is InChI=1S/C17H25NO2/c1-4-17(2,3)18-16(19)12-20-15-11-7-9-13-8-5-6-10-14(13)15/h7,9,11H,4-6,8,10,12H2,1-3H3,(H,18,19). The fraction of sp³-hybridized carbons (Fsp3) is 0.588. The van der Waals surface area contributed by atoms with Crippen LogP contribution in [0.5, 0.6) is 5.75 Å². The van der Waals surface area contributed by atoms with Crippen LogP contribution in [0.25, 0.3) is 0 Å². The second kappa shape index (κ2) is 6.29. The number of rotatable bonds is 5. The maximum atomic E-state index is 11.9. The van der Waals surface area contributed by atoms with Crippen LogP contribution in [0.15, 0.2) is 18.2 Å². The lowest BCUT2D eigenvalue weighted by molar-refractivity contribution is -0.124. The number of benzene rings is 1. The van der Waals surface area contributed by atoms with Crippen LogP contribution in [0.4, 0.5) is 0 Å². The summed E-state index contributed by atoms with van der Waals surface area (Å²) in [6.45, 7) is 6.21. The van der Waals surface area contributed by atoms with Crippen molar-refractivity contribution in [2.45, 2.75) is 58.4 Å². The first-order valence-corrected chi connectivity index (χ1v) is 7.56. The summed E-state index contributed by atoms with van der Waals surface area (Å²) in [7, 11) is 0. The number of nitrogens with one attached hydrogen (secondary N) is 1. The maximum absolute atomic E-state index is 11.9. The summed E-state index contributed by atoms with van der Waals surface area (Å²) >= 11 is 0. The predicted octanol–water partition coefficient (Wildman–Crippen LogP) is 3.25. The highest BCUT2D eigenvalue weighted by molar-refractivity contribution is 5.78. The van der Waals surface area contributed by atoms with E-state index in [2.05, 4.69) is 18.3 Å². The zero-order valence-corrected chi connectivity index (χ0v) is 12.8. The Morgan fingerprint density at radius 2 is 2.05 bits per heavy atom. The molecule has 0 aromatic heterocycles. The molecule has 0 unspecified atom stereocenters. The van der Waals surface area contributed by atoms with Gasteiger partial charge in [0.2, 0.25) is 0 Å². The van der Waals surface area contributed by atoms with Crippen LogP contribution in [0.2, 0.25) is 0 Å². The molecule has 0 fully saturated rings. The van der Waals surface area contributed by atoms with Crippen LogP contribution in [-0.4, -0.2) is 18.1 Å². The third-order valence-corrected chi connectivity index (χ3v) is 4.07. The monoisotopic (exact) mass is 275 g/mol. The Balaban J connectivity index is 1.96. The van der Waals surface area contributed by atoms with Crippen LogP contribution < -0.4 is 10.1 Å². The summed E-state index contributed by atoms with van der Waals surface area (Å²) in [6.07, 6.45) is 5.55. The molecule has 0 saturated carbocycles. The predicted molar refractivity (Wildman–Crippen MR) is 81.1 cm³/mol. The second-order valence-electron chi connectivity index (χ2n) is 6.18. The Kier molecular flexibility index (Phi) is 4.69. The molecule has 3 heteroatoms. The van der Waals surface area contributed by atoms with Crippen LogP contribution >= 0.6 is 0 Å². The van der Waals surface area contributed by atoms with Crippen LogP contribution in [0, 0.1) is 0 Å². The van der Waals surface area contributed by atoms with E-state index in [1.807, 2.05) is 26.0 Å². The highest BCUT2D eigenvalue weighted by atomic mass is 16.5. The molecule has 0 spiro atoms. The Hall–Kier alpha value is -1.51. The lowest BCUT2D eigenvalue weighted by atomic mass is 9.91. The molecular weight excluding hydrogens is 250 g/mol. The summed E-state index contributed by atoms with van der Waals surface area (Å²) in [5.41, 5.74) is 2.50. The van der Waals surface area contributed by atoms with Gasteiger partial charge in [-0.15, -0.1) is 0 Å². The zero-order valence-electron chi connectivity index (χ0n) is 12.8. The van der Waals surface area contributed by atoms with E-state index in [0.717, 1.165) is 25.0 Å². The summed E-state index contributed by atoms with van der Waals surface area (Å²) in [5, 5.41) is 2.99. The third kappa shape index (κ3) is 3.75. The summed E-state index contributed by atoms with van der Waals surface area (Å²) in [5.74, 6) is 0.830. The number of carbonyl (C=O) groups is 1. The van der Waals surface area contributed by atoms with E-state index < -0.39 is 0 Å². The largest absolute Gasteiger partial charge is 0.483 e. The molecule has 1 N–H and O–H groups in total. The van der Waals surface area contributed by atoms with E-state index in [0.29, 0.717) is 0 Å². The molecule has 20 heavy (non-hydrogen) atoms. The lowest BCUT2D eigenvalue weighted by Crippen LogP contribution is -2.44. The molecule has 1 amide bonds. The molecule has 1 aromatic carbocycles. The minimum absolute atomic E-state index is 0.0507. The highest BCUT2D eigenvalue weighted by Gasteiger charge is 2.19. The molecular formula is C17H25NO2. The molecule has 1 aliphatic carbocycles. The lowest BCUT2D eigenvalue weighted by Gasteiger charge is -2.25. The number of fused-ring (bicyclic) bond motifs is 1. The first-order chi connectivity index (χ1) is 9.52. The number of ether oxygens (including phenoxy) is 1. The number of hydrogen-bond acceptors (Lipinski definition) is 2. The van der Waals surface area contributed by atoms with Gasteiger partial charge >= 0.3 is 0 Å². The number of aryl methyl sites for hydroxylation is 1. The van der Waals surface area contributed by atoms with Gasteiger partial charge < -0.3 is 10.1 Å². The number of hydrogen-bond donors (Lipinski definition) is 1. The quantitative estimate of drug-likeness (QED) is 0.896. The third-order valence-electron chi connectivity index (χ3n) is 4.07. The van der Waals surface area contributed by atoms with E-state index in [1.54, 1.807) is 0 Å². The zero-order chi connectivity index (χ0) is 14.6. The number of amides is 1. The fourth-order valence-electron chi connectivity index (χ4n) is 2.53. The van der Waals surface area contributed by atoms with Gasteiger partial charge in [0.1, 0.15) is 5.75 Å². The van der Waals surface area contributed by atoms with Crippen LogP contribution in [0.3, 0.4) is 0 Å². The van der Waals surface area contributed by atoms with Gasteiger partial charge in [-0.05, 0) is 63.1 Å². The van der Waals surface area contributed by atoms with Crippen molar-refractivity contribution in [2.75, 3.05) is 6.61 Å². The minimum atomic E-state index is -0.170. The molecule has 2 rings (SSSR count). The van der Waals surface area contributed by atoms with E-state index in [4.69, 9.17) is 4.74 Å². The van der Waals surface area contributed by atoms with Crippen LogP contribution in [-0.2, 0) is 17.6 Å². The van der Waals surface area contributed by atoms with Crippen molar-refractivity contribution in [3.8, 4) is 5.75 Å². The molecule has 110 valence electrons. The van der Waals surface area contributed by atoms with Crippen LogP contribution in [0.1, 0.15) is 51.2 Å². The number of carbonyl (C=O) groups excluding carboxylic acids is 1. The highest BCUT2D eigenvalue weighted by Crippen LogP contribution is 2.29. The Morgan fingerprint density at radius 3 is 2.80 bits per heavy atom. The summed E-state index contributed by atoms with van der Waals surface area (Å²) < 4.78 is 5.74. The minimum Gasteiger partial charge on any atom is -0.483 e. The first kappa shape index (κ1) is 14.9. The van der Waals surface area contributed by atoms with E-state index >= 15 is 0 Å². The summed E-state index contributed by atoms with van der Waals surface area (Å²) in [4.78, 5) is 11.9. The smallest absolute Gasteiger partial charge is 0.258 e. The van der Waals surface area contributed by atoms with Crippen molar-refractivity contribution >= 4 is 5.91 Å². The van der Waals surface area contributed by atoms with Crippen molar-refractivity contribution in [3.05, 3.63) is 29.3 Å².